The number of alkyl halides is 1. The Hall–Kier alpha value is -3.31. The van der Waals surface area contributed by atoms with E-state index >= 15 is 0 Å². The molecule has 1 heterocycles. The molecule has 1 atom stereocenters. The van der Waals surface area contributed by atoms with Crippen LogP contribution in [0.2, 0.25) is 0 Å². The quantitative estimate of drug-likeness (QED) is 0.369. The molecule has 0 aliphatic heterocycles. The number of sulfonamides is 1. The number of halogens is 1. The van der Waals surface area contributed by atoms with Crippen LogP contribution < -0.4 is 15.8 Å². The minimum atomic E-state index is -3.87. The van der Waals surface area contributed by atoms with E-state index < -0.39 is 28.0 Å². The Morgan fingerprint density at radius 1 is 1.09 bits per heavy atom. The summed E-state index contributed by atoms with van der Waals surface area (Å²) in [7, 11) is -3.87. The van der Waals surface area contributed by atoms with E-state index in [1.807, 2.05) is 13.8 Å². The van der Waals surface area contributed by atoms with Gasteiger partial charge in [0.15, 0.2) is 0 Å². The fourth-order valence-electron chi connectivity index (χ4n) is 3.09. The number of hydrogen-bond acceptors (Lipinski definition) is 7. The molecular weight excluding hydrogens is 473 g/mol. The van der Waals surface area contributed by atoms with E-state index in [1.54, 1.807) is 12.1 Å². The van der Waals surface area contributed by atoms with Crippen molar-refractivity contribution in [3.05, 3.63) is 54.4 Å². The van der Waals surface area contributed by atoms with E-state index in [0.29, 0.717) is 41.0 Å². The highest BCUT2D eigenvalue weighted by molar-refractivity contribution is 7.92. The predicted octanol–water partition coefficient (Wildman–Crippen LogP) is 4.52. The average molecular weight is 504 g/mol. The van der Waals surface area contributed by atoms with Crippen molar-refractivity contribution in [2.75, 3.05) is 16.7 Å². The van der Waals surface area contributed by atoms with Gasteiger partial charge in [-0.2, -0.15) is 4.98 Å². The third-order valence-corrected chi connectivity index (χ3v) is 6.65. The minimum Gasteiger partial charge on any atom is -0.337 e. The van der Waals surface area contributed by atoms with E-state index in [4.69, 9.17) is 10.3 Å². The van der Waals surface area contributed by atoms with Gasteiger partial charge in [0.25, 0.3) is 10.0 Å². The number of benzene rings is 2. The number of carbonyl (C=O) groups is 1. The second-order valence-electron chi connectivity index (χ2n) is 9.37. The fraction of sp³-hybridized carbons (Fsp3) is 0.375. The molecule has 2 aromatic carbocycles. The molecule has 35 heavy (non-hydrogen) atoms. The van der Waals surface area contributed by atoms with Crippen molar-refractivity contribution >= 4 is 27.3 Å². The van der Waals surface area contributed by atoms with Crippen molar-refractivity contribution in [3.8, 4) is 11.4 Å². The Morgan fingerprint density at radius 2 is 1.69 bits per heavy atom. The molecule has 4 N–H and O–H groups in total. The Bertz CT molecular complexity index is 1260. The smallest absolute Gasteiger partial charge is 0.261 e. The van der Waals surface area contributed by atoms with Crippen molar-refractivity contribution in [2.45, 2.75) is 45.1 Å². The van der Waals surface area contributed by atoms with Crippen LogP contribution in [0.1, 0.15) is 46.0 Å². The summed E-state index contributed by atoms with van der Waals surface area (Å²) in [6.07, 6.45) is 0.702. The van der Waals surface area contributed by atoms with Crippen LogP contribution in [0, 0.1) is 11.3 Å². The van der Waals surface area contributed by atoms with E-state index in [9.17, 15) is 17.6 Å². The second kappa shape index (κ2) is 10.5. The lowest BCUT2D eigenvalue weighted by molar-refractivity contribution is -0.124. The lowest BCUT2D eigenvalue weighted by Crippen LogP contribution is -2.32. The summed E-state index contributed by atoms with van der Waals surface area (Å²) in [6, 6.07) is 11.8. The molecule has 0 aliphatic carbocycles. The van der Waals surface area contributed by atoms with Crippen LogP contribution in [0.25, 0.3) is 11.4 Å². The number of hydrogen-bond donors (Lipinski definition) is 3. The second-order valence-corrected chi connectivity index (χ2v) is 11.1. The van der Waals surface area contributed by atoms with Crippen LogP contribution in [0.3, 0.4) is 0 Å². The average Bonchev–Trinajstić information content (AvgIpc) is 3.30. The van der Waals surface area contributed by atoms with Crippen LogP contribution in [0.15, 0.2) is 57.9 Å². The van der Waals surface area contributed by atoms with Gasteiger partial charge in [-0.3, -0.25) is 9.52 Å². The molecule has 0 fully saturated rings. The van der Waals surface area contributed by atoms with Crippen LogP contribution in [-0.2, 0) is 14.8 Å². The third kappa shape index (κ3) is 6.64. The van der Waals surface area contributed by atoms with Crippen molar-refractivity contribution in [1.82, 2.24) is 10.1 Å². The van der Waals surface area contributed by atoms with Crippen LogP contribution in [0.5, 0.6) is 0 Å². The van der Waals surface area contributed by atoms with Crippen LogP contribution in [-0.4, -0.2) is 31.1 Å². The zero-order valence-electron chi connectivity index (χ0n) is 20.1. The van der Waals surface area contributed by atoms with Crippen LogP contribution in [0.4, 0.5) is 15.8 Å². The third-order valence-electron chi connectivity index (χ3n) is 5.25. The first-order chi connectivity index (χ1) is 16.4. The van der Waals surface area contributed by atoms with E-state index in [-0.39, 0.29) is 10.9 Å². The number of rotatable bonds is 10. The zero-order valence-corrected chi connectivity index (χ0v) is 20.9. The summed E-state index contributed by atoms with van der Waals surface area (Å²) in [5.74, 6) is 0.564. The van der Waals surface area contributed by atoms with Gasteiger partial charge in [0.2, 0.25) is 17.6 Å². The molecular formula is C24H30FN5O4S. The number of nitrogens with two attached hydrogens (primary N) is 1. The van der Waals surface area contributed by atoms with Crippen molar-refractivity contribution in [2.24, 2.45) is 17.1 Å². The number of carbonyl (C=O) groups excluding carboxylic acids is 1. The first-order valence-electron chi connectivity index (χ1n) is 11.1. The molecule has 0 spiro atoms. The number of amides is 1. The Morgan fingerprint density at radius 3 is 2.26 bits per heavy atom. The first kappa shape index (κ1) is 26.3. The van der Waals surface area contributed by atoms with Gasteiger partial charge in [-0.1, -0.05) is 19.0 Å². The maximum absolute atomic E-state index is 13.0. The highest BCUT2D eigenvalue weighted by Crippen LogP contribution is 2.25. The molecule has 0 saturated heterocycles. The maximum Gasteiger partial charge on any atom is 0.261 e. The number of aromatic nitrogens is 2. The van der Waals surface area contributed by atoms with Gasteiger partial charge < -0.3 is 15.6 Å². The van der Waals surface area contributed by atoms with Gasteiger partial charge in [-0.05, 0) is 74.7 Å². The molecule has 0 unspecified atom stereocenters. The molecule has 0 saturated carbocycles. The minimum absolute atomic E-state index is 0.0450. The summed E-state index contributed by atoms with van der Waals surface area (Å²) < 4.78 is 46.3. The Balaban J connectivity index is 1.67. The Labute approximate surface area is 204 Å². The van der Waals surface area contributed by atoms with Crippen molar-refractivity contribution in [1.29, 1.82) is 0 Å². The summed E-state index contributed by atoms with van der Waals surface area (Å²) in [4.78, 5) is 16.5. The SMILES string of the molecule is CC(C)C[C@H](N)c1nc(-c2ccc(S(=O)(=O)Nc3ccc(NC(=O)C(C)(C)CF)cc3)cc2)no1. The molecule has 3 rings (SSSR count). The van der Waals surface area contributed by atoms with Gasteiger partial charge in [-0.15, -0.1) is 0 Å². The summed E-state index contributed by atoms with van der Waals surface area (Å²) in [5, 5.41) is 6.55. The van der Waals surface area contributed by atoms with E-state index in [0.717, 1.165) is 0 Å². The number of nitrogens with one attached hydrogen (secondary N) is 2. The first-order valence-corrected chi connectivity index (χ1v) is 12.6. The van der Waals surface area contributed by atoms with Crippen molar-refractivity contribution in [3.63, 3.8) is 0 Å². The maximum atomic E-state index is 13.0. The highest BCUT2D eigenvalue weighted by atomic mass is 32.2. The Kier molecular flexibility index (Phi) is 7.91. The van der Waals surface area contributed by atoms with Gasteiger partial charge in [-0.25, -0.2) is 12.8 Å². The molecule has 11 heteroatoms. The van der Waals surface area contributed by atoms with Gasteiger partial charge >= 0.3 is 0 Å². The normalized spacial score (nSPS) is 13.0. The largest absolute Gasteiger partial charge is 0.337 e. The fourth-order valence-corrected chi connectivity index (χ4v) is 4.15. The monoisotopic (exact) mass is 503 g/mol. The summed E-state index contributed by atoms with van der Waals surface area (Å²) >= 11 is 0. The predicted molar refractivity (Wildman–Crippen MR) is 132 cm³/mol. The molecule has 188 valence electrons. The highest BCUT2D eigenvalue weighted by Gasteiger charge is 2.27. The van der Waals surface area contributed by atoms with Crippen molar-refractivity contribution < 1.29 is 22.1 Å². The van der Waals surface area contributed by atoms with E-state index in [2.05, 4.69) is 20.2 Å². The van der Waals surface area contributed by atoms with Gasteiger partial charge in [0.1, 0.15) is 6.67 Å². The lowest BCUT2D eigenvalue weighted by atomic mass is 9.94. The van der Waals surface area contributed by atoms with Gasteiger partial charge in [0, 0.05) is 16.9 Å². The molecule has 9 nitrogen and oxygen atoms in total. The molecule has 1 aromatic heterocycles. The molecule has 3 aromatic rings. The lowest BCUT2D eigenvalue weighted by Gasteiger charge is -2.19. The molecule has 1 amide bonds. The zero-order chi connectivity index (χ0) is 25.8. The molecule has 0 aliphatic rings. The van der Waals surface area contributed by atoms with Gasteiger partial charge in [0.05, 0.1) is 16.4 Å². The topological polar surface area (TPSA) is 140 Å². The number of nitrogens with zero attached hydrogens (tertiary/aromatic N) is 2. The number of anilines is 2. The standard InChI is InChI=1S/C24H30FN5O4S/c1-15(2)13-20(26)22-28-21(29-34-22)16-5-11-19(12-6-16)35(32,33)30-18-9-7-17(8-10-18)27-23(31)24(3,4)14-25/h5-12,15,20,30H,13-14,26H2,1-4H3,(H,27,31)/t20-/m0/s1. The molecule has 0 bridgehead atoms. The molecule has 0 radical (unpaired) electrons. The summed E-state index contributed by atoms with van der Waals surface area (Å²) in [6.45, 7) is 6.29. The van der Waals surface area contributed by atoms with Crippen LogP contribution >= 0.6 is 0 Å². The van der Waals surface area contributed by atoms with E-state index in [1.165, 1.54) is 50.2 Å². The summed E-state index contributed by atoms with van der Waals surface area (Å²) in [5.41, 5.74) is 6.24.